The molecule has 1 amide bonds. The van der Waals surface area contributed by atoms with Crippen LogP contribution in [0, 0.1) is 0 Å². The molecule has 0 aliphatic heterocycles. The summed E-state index contributed by atoms with van der Waals surface area (Å²) in [6.07, 6.45) is 4.48. The minimum Gasteiger partial charge on any atom is -0.484 e. The molecule has 0 saturated heterocycles. The molecule has 3 N–H and O–H groups in total. The first-order valence-corrected chi connectivity index (χ1v) is 7.35. The van der Waals surface area contributed by atoms with Crippen LogP contribution in [0.4, 0.5) is 5.69 Å². The first-order chi connectivity index (χ1) is 8.72. The van der Waals surface area contributed by atoms with Crippen LogP contribution in [0.3, 0.4) is 0 Å². The van der Waals surface area contributed by atoms with E-state index >= 15 is 0 Å². The number of amides is 1. The van der Waals surface area contributed by atoms with Crippen LogP contribution in [-0.2, 0) is 4.79 Å². The Kier molecular flexibility index (Phi) is 7.10. The molecule has 0 radical (unpaired) electrons. The molecule has 4 nitrogen and oxygen atoms in total. The third-order valence-corrected chi connectivity index (χ3v) is 3.02. The van der Waals surface area contributed by atoms with Crippen LogP contribution in [0.2, 0.25) is 0 Å². The van der Waals surface area contributed by atoms with E-state index in [0.29, 0.717) is 5.75 Å². The first-order valence-electron chi connectivity index (χ1n) is 5.96. The van der Waals surface area contributed by atoms with Gasteiger partial charge in [0.05, 0.1) is 0 Å². The summed E-state index contributed by atoms with van der Waals surface area (Å²) < 4.78 is 5.24. The quantitative estimate of drug-likeness (QED) is 0.673. The van der Waals surface area contributed by atoms with Crippen LogP contribution >= 0.6 is 11.8 Å². The van der Waals surface area contributed by atoms with Gasteiger partial charge in [0.2, 0.25) is 0 Å². The Hall–Kier alpha value is -1.36. The van der Waals surface area contributed by atoms with Crippen LogP contribution < -0.4 is 15.8 Å². The zero-order valence-electron chi connectivity index (χ0n) is 10.6. The third-order valence-electron chi connectivity index (χ3n) is 2.32. The lowest BCUT2D eigenvalue weighted by Crippen LogP contribution is -2.20. The minimum absolute atomic E-state index is 0.0861. The average molecular weight is 268 g/mol. The summed E-state index contributed by atoms with van der Waals surface area (Å²) in [6.45, 7) is 0.858. The van der Waals surface area contributed by atoms with Crippen molar-refractivity contribution in [2.45, 2.75) is 12.8 Å². The number of nitrogens with two attached hydrogens (primary N) is 1. The molecular formula is C13H20N2O2S. The Balaban J connectivity index is 2.32. The van der Waals surface area contributed by atoms with Gasteiger partial charge in [-0.2, -0.15) is 11.8 Å². The van der Waals surface area contributed by atoms with Gasteiger partial charge >= 0.3 is 0 Å². The molecule has 0 saturated carbocycles. The predicted molar refractivity (Wildman–Crippen MR) is 77.2 cm³/mol. The predicted octanol–water partition coefficient (Wildman–Crippen LogP) is 2.11. The van der Waals surface area contributed by atoms with Crippen molar-refractivity contribution >= 4 is 23.4 Å². The lowest BCUT2D eigenvalue weighted by Gasteiger charge is -2.08. The van der Waals surface area contributed by atoms with Crippen LogP contribution in [0.15, 0.2) is 24.3 Å². The van der Waals surface area contributed by atoms with E-state index in [2.05, 4.69) is 11.6 Å². The maximum atomic E-state index is 10.6. The van der Waals surface area contributed by atoms with Gasteiger partial charge in [0.25, 0.3) is 5.91 Å². The Morgan fingerprint density at radius 1 is 1.44 bits per heavy atom. The Bertz CT molecular complexity index is 372. The van der Waals surface area contributed by atoms with E-state index in [9.17, 15) is 4.79 Å². The number of carbonyl (C=O) groups is 1. The highest BCUT2D eigenvalue weighted by Crippen LogP contribution is 2.17. The van der Waals surface area contributed by atoms with Gasteiger partial charge in [-0.1, -0.05) is 6.07 Å². The maximum absolute atomic E-state index is 10.6. The molecule has 0 bridgehead atoms. The summed E-state index contributed by atoms with van der Waals surface area (Å²) in [5, 5.41) is 3.33. The smallest absolute Gasteiger partial charge is 0.255 e. The third kappa shape index (κ3) is 6.39. The highest BCUT2D eigenvalue weighted by molar-refractivity contribution is 7.98. The Morgan fingerprint density at radius 2 is 2.28 bits per heavy atom. The lowest BCUT2D eigenvalue weighted by atomic mass is 10.3. The number of primary amides is 1. The van der Waals surface area contributed by atoms with Gasteiger partial charge in [0.1, 0.15) is 5.75 Å². The van der Waals surface area contributed by atoms with Gasteiger partial charge in [0, 0.05) is 18.3 Å². The molecule has 0 aliphatic rings. The monoisotopic (exact) mass is 268 g/mol. The van der Waals surface area contributed by atoms with Crippen molar-refractivity contribution in [3.8, 4) is 5.75 Å². The van der Waals surface area contributed by atoms with Gasteiger partial charge in [-0.3, -0.25) is 4.79 Å². The molecule has 1 aromatic carbocycles. The zero-order chi connectivity index (χ0) is 13.2. The second-order valence-corrected chi connectivity index (χ2v) is 4.90. The van der Waals surface area contributed by atoms with Crippen LogP contribution in [0.1, 0.15) is 12.8 Å². The van der Waals surface area contributed by atoms with E-state index in [1.165, 1.54) is 12.2 Å². The molecule has 0 fully saturated rings. The number of nitrogens with one attached hydrogen (secondary N) is 1. The molecule has 0 atom stereocenters. The number of rotatable bonds is 9. The van der Waals surface area contributed by atoms with Gasteiger partial charge in [0.15, 0.2) is 6.61 Å². The standard InChI is InChI=1S/C13H20N2O2S/c1-18-8-3-2-7-15-11-5-4-6-12(9-11)17-10-13(14)16/h4-6,9,15H,2-3,7-8,10H2,1H3,(H2,14,16). The number of ether oxygens (including phenoxy) is 1. The van der Waals surface area contributed by atoms with Crippen LogP contribution in [-0.4, -0.2) is 31.1 Å². The number of hydrogen-bond acceptors (Lipinski definition) is 4. The van der Waals surface area contributed by atoms with E-state index < -0.39 is 5.91 Å². The van der Waals surface area contributed by atoms with Gasteiger partial charge in [-0.15, -0.1) is 0 Å². The second kappa shape index (κ2) is 8.69. The maximum Gasteiger partial charge on any atom is 0.255 e. The topological polar surface area (TPSA) is 64.3 Å². The van der Waals surface area contributed by atoms with E-state index in [0.717, 1.165) is 18.7 Å². The number of hydrogen-bond donors (Lipinski definition) is 2. The summed E-state index contributed by atoms with van der Waals surface area (Å²) >= 11 is 1.87. The molecule has 1 aromatic rings. The van der Waals surface area contributed by atoms with Crippen molar-refractivity contribution in [2.75, 3.05) is 30.5 Å². The molecule has 0 unspecified atom stereocenters. The van der Waals surface area contributed by atoms with Crippen LogP contribution in [0.25, 0.3) is 0 Å². The molecule has 18 heavy (non-hydrogen) atoms. The fourth-order valence-corrected chi connectivity index (χ4v) is 1.95. The number of thioether (sulfide) groups is 1. The van der Waals surface area contributed by atoms with Crippen molar-refractivity contribution in [1.82, 2.24) is 0 Å². The van der Waals surface area contributed by atoms with Crippen molar-refractivity contribution in [3.05, 3.63) is 24.3 Å². The van der Waals surface area contributed by atoms with Crippen LogP contribution in [0.5, 0.6) is 5.75 Å². The van der Waals surface area contributed by atoms with Gasteiger partial charge < -0.3 is 15.8 Å². The lowest BCUT2D eigenvalue weighted by molar-refractivity contribution is -0.119. The van der Waals surface area contributed by atoms with E-state index in [4.69, 9.17) is 10.5 Å². The molecule has 0 spiro atoms. The van der Waals surface area contributed by atoms with Crippen molar-refractivity contribution in [1.29, 1.82) is 0 Å². The highest BCUT2D eigenvalue weighted by atomic mass is 32.2. The summed E-state index contributed by atoms with van der Waals surface area (Å²) in [4.78, 5) is 10.6. The first kappa shape index (κ1) is 14.7. The molecule has 100 valence electrons. The summed E-state index contributed by atoms with van der Waals surface area (Å²) in [7, 11) is 0. The fraction of sp³-hybridized carbons (Fsp3) is 0.462. The number of unbranched alkanes of at least 4 members (excludes halogenated alkanes) is 1. The van der Waals surface area contributed by atoms with Gasteiger partial charge in [-0.25, -0.2) is 0 Å². The molecule has 0 aromatic heterocycles. The average Bonchev–Trinajstić information content (AvgIpc) is 2.37. The van der Waals surface area contributed by atoms with Crippen molar-refractivity contribution < 1.29 is 9.53 Å². The number of benzene rings is 1. The molecule has 5 heteroatoms. The highest BCUT2D eigenvalue weighted by Gasteiger charge is 1.99. The zero-order valence-corrected chi connectivity index (χ0v) is 11.5. The number of carbonyl (C=O) groups excluding carboxylic acids is 1. The summed E-state index contributed by atoms with van der Waals surface area (Å²) in [6, 6.07) is 7.55. The van der Waals surface area contributed by atoms with E-state index in [-0.39, 0.29) is 6.61 Å². The normalized spacial score (nSPS) is 10.1. The SMILES string of the molecule is CSCCCCNc1cccc(OCC(N)=O)c1. The molecule has 0 aliphatic carbocycles. The summed E-state index contributed by atoms with van der Waals surface area (Å²) in [5.74, 6) is 1.39. The summed E-state index contributed by atoms with van der Waals surface area (Å²) in [5.41, 5.74) is 6.02. The molecular weight excluding hydrogens is 248 g/mol. The molecule has 1 rings (SSSR count). The van der Waals surface area contributed by atoms with E-state index in [1.54, 1.807) is 0 Å². The fourth-order valence-electron chi connectivity index (χ4n) is 1.45. The van der Waals surface area contributed by atoms with Crippen molar-refractivity contribution in [2.24, 2.45) is 5.73 Å². The Labute approximate surface area is 112 Å². The molecule has 0 heterocycles. The van der Waals surface area contributed by atoms with Crippen molar-refractivity contribution in [3.63, 3.8) is 0 Å². The second-order valence-electron chi connectivity index (χ2n) is 3.91. The number of anilines is 1. The van der Waals surface area contributed by atoms with Gasteiger partial charge in [-0.05, 0) is 37.0 Å². The minimum atomic E-state index is -0.467. The Morgan fingerprint density at radius 3 is 3.00 bits per heavy atom. The largest absolute Gasteiger partial charge is 0.484 e. The van der Waals surface area contributed by atoms with E-state index in [1.807, 2.05) is 36.0 Å².